The molecule has 0 unspecified atom stereocenters. The van der Waals surface area contributed by atoms with E-state index >= 15 is 0 Å². The average Bonchev–Trinajstić information content (AvgIpc) is 3.22. The summed E-state index contributed by atoms with van der Waals surface area (Å²) >= 11 is 32.7. The molecular formula is C21H13Cl5FN5S2. The monoisotopic (exact) mass is 593 g/mol. The fourth-order valence-electron chi connectivity index (χ4n) is 2.98. The quantitative estimate of drug-likeness (QED) is 0.167. The Kier molecular flexibility index (Phi) is 7.99. The predicted octanol–water partition coefficient (Wildman–Crippen LogP) is 9.02. The second-order valence-electron chi connectivity index (χ2n) is 6.91. The van der Waals surface area contributed by atoms with Gasteiger partial charge in [0.15, 0.2) is 0 Å². The molecular weight excluding hydrogens is 583 g/mol. The zero-order valence-corrected chi connectivity index (χ0v) is 22.8. The number of nitrogens with one attached hydrogen (secondary N) is 1. The lowest BCUT2D eigenvalue weighted by atomic mass is 10.2. The second kappa shape index (κ2) is 10.6. The van der Waals surface area contributed by atoms with Gasteiger partial charge in [-0.15, -0.1) is 22.7 Å². The van der Waals surface area contributed by atoms with E-state index in [2.05, 4.69) is 25.3 Å². The number of aromatic nitrogens is 4. The predicted molar refractivity (Wildman–Crippen MR) is 143 cm³/mol. The van der Waals surface area contributed by atoms with E-state index in [0.717, 1.165) is 30.4 Å². The van der Waals surface area contributed by atoms with E-state index in [1.807, 2.05) is 13.8 Å². The van der Waals surface area contributed by atoms with Crippen molar-refractivity contribution in [2.24, 2.45) is 0 Å². The minimum atomic E-state index is -0.261. The molecule has 5 nitrogen and oxygen atoms in total. The van der Waals surface area contributed by atoms with Crippen LogP contribution in [0.1, 0.15) is 15.3 Å². The molecule has 0 bridgehead atoms. The molecule has 0 aliphatic heterocycles. The third kappa shape index (κ3) is 5.49. The summed E-state index contributed by atoms with van der Waals surface area (Å²) < 4.78 is 12.9. The van der Waals surface area contributed by atoms with Gasteiger partial charge in [-0.2, -0.15) is 0 Å². The Morgan fingerprint density at radius 2 is 1.29 bits per heavy atom. The maximum Gasteiger partial charge on any atom is 0.225 e. The summed E-state index contributed by atoms with van der Waals surface area (Å²) in [5.41, 5.74) is 0.933. The van der Waals surface area contributed by atoms with Gasteiger partial charge in [0.05, 0.1) is 20.8 Å². The van der Waals surface area contributed by atoms with Gasteiger partial charge in [0.1, 0.15) is 26.4 Å². The molecule has 176 valence electrons. The van der Waals surface area contributed by atoms with Crippen molar-refractivity contribution in [3.63, 3.8) is 0 Å². The molecule has 0 saturated carbocycles. The van der Waals surface area contributed by atoms with Gasteiger partial charge in [-0.1, -0.05) is 46.9 Å². The van der Waals surface area contributed by atoms with E-state index in [4.69, 9.17) is 58.0 Å². The van der Waals surface area contributed by atoms with Gasteiger partial charge in [-0.3, -0.25) is 0 Å². The van der Waals surface area contributed by atoms with Crippen molar-refractivity contribution in [1.82, 2.24) is 19.9 Å². The molecule has 0 saturated heterocycles. The van der Waals surface area contributed by atoms with Gasteiger partial charge in [0.25, 0.3) is 0 Å². The molecule has 5 rings (SSSR count). The highest BCUT2D eigenvalue weighted by Gasteiger charge is 2.15. The Morgan fingerprint density at radius 3 is 1.91 bits per heavy atom. The number of aryl methyl sites for hydroxylation is 2. The largest absolute Gasteiger partial charge is 0.365 e. The van der Waals surface area contributed by atoms with Crippen molar-refractivity contribution < 1.29 is 4.39 Å². The van der Waals surface area contributed by atoms with Gasteiger partial charge >= 0.3 is 0 Å². The highest BCUT2D eigenvalue weighted by molar-refractivity contribution is 7.19. The van der Waals surface area contributed by atoms with Gasteiger partial charge in [0, 0.05) is 16.3 Å². The molecule has 4 aromatic heterocycles. The molecule has 0 amide bonds. The molecule has 1 N–H and O–H groups in total. The molecule has 1 aromatic carbocycles. The van der Waals surface area contributed by atoms with E-state index in [-0.39, 0.29) is 16.4 Å². The Balaban J connectivity index is 0.000000180. The van der Waals surface area contributed by atoms with Gasteiger partial charge in [-0.05, 0) is 54.7 Å². The Hall–Kier alpha value is -1.52. The van der Waals surface area contributed by atoms with E-state index in [9.17, 15) is 4.39 Å². The Morgan fingerprint density at radius 1 is 0.765 bits per heavy atom. The molecule has 0 spiro atoms. The Labute approximate surface area is 226 Å². The first-order valence-electron chi connectivity index (χ1n) is 9.52. The maximum absolute atomic E-state index is 12.9. The van der Waals surface area contributed by atoms with Crippen LogP contribution >= 0.6 is 80.7 Å². The molecule has 34 heavy (non-hydrogen) atoms. The minimum absolute atomic E-state index is 0.149. The van der Waals surface area contributed by atoms with E-state index < -0.39 is 0 Å². The van der Waals surface area contributed by atoms with Crippen molar-refractivity contribution in [2.75, 3.05) is 5.32 Å². The topological polar surface area (TPSA) is 63.6 Å². The number of hydrogen-bond acceptors (Lipinski definition) is 7. The number of fused-ring (bicyclic) bond motifs is 2. The second-order valence-corrected chi connectivity index (χ2v) is 11.1. The number of rotatable bonds is 3. The van der Waals surface area contributed by atoms with Gasteiger partial charge in [-0.25, -0.2) is 24.3 Å². The number of thiophene rings is 2. The molecule has 4 heterocycles. The van der Waals surface area contributed by atoms with Gasteiger partial charge < -0.3 is 5.32 Å². The fourth-order valence-corrected chi connectivity index (χ4v) is 6.36. The number of benzene rings is 1. The van der Waals surface area contributed by atoms with E-state index in [1.165, 1.54) is 34.8 Å². The van der Waals surface area contributed by atoms with Crippen molar-refractivity contribution in [3.8, 4) is 0 Å². The number of hydrogen-bond donors (Lipinski definition) is 1. The summed E-state index contributed by atoms with van der Waals surface area (Å²) in [7, 11) is 0. The highest BCUT2D eigenvalue weighted by atomic mass is 35.5. The molecule has 13 heteroatoms. The molecule has 0 radical (unpaired) electrons. The normalized spacial score (nSPS) is 11.1. The van der Waals surface area contributed by atoms with E-state index in [0.29, 0.717) is 32.9 Å². The Bertz CT molecular complexity index is 1500. The summed E-state index contributed by atoms with van der Waals surface area (Å²) in [6, 6.07) is 6.26. The van der Waals surface area contributed by atoms with Crippen molar-refractivity contribution in [3.05, 3.63) is 71.2 Å². The van der Waals surface area contributed by atoms with Crippen LogP contribution in [0, 0.1) is 19.7 Å². The summed E-state index contributed by atoms with van der Waals surface area (Å²) in [4.78, 5) is 19.6. The minimum Gasteiger partial charge on any atom is -0.365 e. The van der Waals surface area contributed by atoms with E-state index in [1.54, 1.807) is 12.1 Å². The summed E-state index contributed by atoms with van der Waals surface area (Å²) in [6.45, 7) is 4.32. The molecule has 0 atom stereocenters. The third-order valence-electron chi connectivity index (χ3n) is 4.58. The SMILES string of the molecule is Cc1sc2nc(Cl)nc(Cl)c2c1Cl.Cc1sc2nc(Cl)nc(NCc3ccc(F)cc3)c2c1Cl. The van der Waals surface area contributed by atoms with Crippen LogP contribution in [0.4, 0.5) is 10.2 Å². The summed E-state index contributed by atoms with van der Waals surface area (Å²) in [5.74, 6) is 0.325. The lowest BCUT2D eigenvalue weighted by molar-refractivity contribution is 0.627. The average molecular weight is 596 g/mol. The summed E-state index contributed by atoms with van der Waals surface area (Å²) in [5, 5.41) is 6.51. The maximum atomic E-state index is 12.9. The van der Waals surface area contributed by atoms with Crippen molar-refractivity contribution >= 4 is 107 Å². The first-order valence-corrected chi connectivity index (χ1v) is 13.0. The fraction of sp³-hybridized carbons (Fsp3) is 0.143. The molecule has 0 fully saturated rings. The van der Waals surface area contributed by atoms with Crippen LogP contribution in [0.25, 0.3) is 20.4 Å². The third-order valence-corrected chi connectivity index (χ3v) is 8.36. The van der Waals surface area contributed by atoms with Crippen LogP contribution in [0.5, 0.6) is 0 Å². The number of halogens is 6. The zero-order chi connectivity index (χ0) is 24.6. The first-order chi connectivity index (χ1) is 16.1. The van der Waals surface area contributed by atoms with Crippen molar-refractivity contribution in [1.29, 1.82) is 0 Å². The van der Waals surface area contributed by atoms with Crippen molar-refractivity contribution in [2.45, 2.75) is 20.4 Å². The highest BCUT2D eigenvalue weighted by Crippen LogP contribution is 2.38. The van der Waals surface area contributed by atoms with Crippen LogP contribution in [0.2, 0.25) is 25.8 Å². The van der Waals surface area contributed by atoms with Crippen LogP contribution in [-0.4, -0.2) is 19.9 Å². The number of anilines is 1. The summed E-state index contributed by atoms with van der Waals surface area (Å²) in [6.07, 6.45) is 0. The van der Waals surface area contributed by atoms with Gasteiger partial charge in [0.2, 0.25) is 10.6 Å². The first kappa shape index (κ1) is 25.6. The molecule has 0 aliphatic carbocycles. The number of nitrogens with zero attached hydrogens (tertiary/aromatic N) is 4. The molecule has 0 aliphatic rings. The zero-order valence-electron chi connectivity index (χ0n) is 17.4. The lowest BCUT2D eigenvalue weighted by Crippen LogP contribution is -2.02. The lowest BCUT2D eigenvalue weighted by Gasteiger charge is -2.07. The smallest absolute Gasteiger partial charge is 0.225 e. The standard InChI is InChI=1S/C14H10Cl2FN3S.C7H3Cl3N2S/c1-7-11(15)10-12(19-14(16)20-13(10)21-7)18-6-8-2-4-9(17)5-3-8;1-2-4(8)3-5(9)11-7(10)12-6(3)13-2/h2-5H,6H2,1H3,(H,18,19,20);1H3. The van der Waals surface area contributed by atoms with Crippen LogP contribution in [0.3, 0.4) is 0 Å². The molecule has 5 aromatic rings. The van der Waals surface area contributed by atoms with Crippen LogP contribution in [-0.2, 0) is 6.54 Å². The van der Waals surface area contributed by atoms with Crippen LogP contribution in [0.15, 0.2) is 24.3 Å². The van der Waals surface area contributed by atoms with Crippen LogP contribution < -0.4 is 5.32 Å².